The summed E-state index contributed by atoms with van der Waals surface area (Å²) in [7, 11) is 1.40. The lowest BCUT2D eigenvalue weighted by Crippen LogP contribution is -2.31. The molecule has 2 rings (SSSR count). The number of carbonyl (C=O) groups is 2. The Balaban J connectivity index is 1.91. The zero-order chi connectivity index (χ0) is 19.2. The lowest BCUT2D eigenvalue weighted by atomic mass is 10.1. The topological polar surface area (TPSA) is 64.6 Å². The molecule has 2 aromatic carbocycles. The second kappa shape index (κ2) is 8.37. The van der Waals surface area contributed by atoms with Crippen molar-refractivity contribution >= 4 is 11.9 Å². The monoisotopic (exact) mass is 367 g/mol. The lowest BCUT2D eigenvalue weighted by molar-refractivity contribution is -0.146. The number of hydrogen-bond acceptors (Lipinski definition) is 4. The van der Waals surface area contributed by atoms with Crippen LogP contribution in [-0.4, -0.2) is 25.5 Å². The first-order valence-corrected chi connectivity index (χ1v) is 7.55. The fourth-order valence-corrected chi connectivity index (χ4v) is 2.21. The van der Waals surface area contributed by atoms with Gasteiger partial charge in [-0.1, -0.05) is 30.3 Å². The van der Waals surface area contributed by atoms with Crippen LogP contribution in [0.2, 0.25) is 0 Å². The fraction of sp³-hybridized carbons (Fsp3) is 0.222. The molecule has 0 radical (unpaired) electrons. The normalized spacial score (nSPS) is 10.9. The van der Waals surface area contributed by atoms with Gasteiger partial charge < -0.3 is 14.8 Å². The average molecular weight is 367 g/mol. The summed E-state index contributed by atoms with van der Waals surface area (Å²) < 4.78 is 48.5. The molecule has 5 nitrogen and oxygen atoms in total. The van der Waals surface area contributed by atoms with Gasteiger partial charge in [-0.15, -0.1) is 0 Å². The average Bonchev–Trinajstić information content (AvgIpc) is 2.63. The van der Waals surface area contributed by atoms with Crippen LogP contribution < -0.4 is 10.1 Å². The number of ether oxygens (including phenoxy) is 2. The Morgan fingerprint density at radius 1 is 1.04 bits per heavy atom. The first-order valence-electron chi connectivity index (χ1n) is 7.55. The largest absolute Gasteiger partial charge is 0.496 e. The predicted molar refractivity (Wildman–Crippen MR) is 86.6 cm³/mol. The van der Waals surface area contributed by atoms with Crippen LogP contribution >= 0.6 is 0 Å². The van der Waals surface area contributed by atoms with Crippen LogP contribution in [0.15, 0.2) is 48.5 Å². The molecule has 0 fully saturated rings. The Bertz CT molecular complexity index is 790. The van der Waals surface area contributed by atoms with Crippen molar-refractivity contribution in [2.75, 3.05) is 13.7 Å². The predicted octanol–water partition coefficient (Wildman–Crippen LogP) is 3.19. The van der Waals surface area contributed by atoms with Gasteiger partial charge in [0.05, 0.1) is 18.2 Å². The number of para-hydroxylation sites is 1. The van der Waals surface area contributed by atoms with Gasteiger partial charge in [0.2, 0.25) is 0 Å². The van der Waals surface area contributed by atoms with E-state index < -0.39 is 36.8 Å². The van der Waals surface area contributed by atoms with Gasteiger partial charge in [-0.3, -0.25) is 9.59 Å². The Labute approximate surface area is 147 Å². The zero-order valence-electron chi connectivity index (χ0n) is 13.8. The second-order valence-corrected chi connectivity index (χ2v) is 5.20. The number of halogens is 3. The molecule has 2 aromatic rings. The number of alkyl halides is 3. The molecule has 1 N–H and O–H groups in total. The SMILES string of the molecule is COc1ccccc1C(=O)NCC(=O)OCc1ccccc1C(F)(F)F. The van der Waals surface area contributed by atoms with Crippen LogP contribution in [0.3, 0.4) is 0 Å². The molecule has 26 heavy (non-hydrogen) atoms. The summed E-state index contributed by atoms with van der Waals surface area (Å²) in [5.74, 6) is -1.09. The number of carbonyl (C=O) groups excluding carboxylic acids is 2. The van der Waals surface area contributed by atoms with Crippen LogP contribution in [0.5, 0.6) is 5.75 Å². The maximum Gasteiger partial charge on any atom is 0.416 e. The van der Waals surface area contributed by atoms with Gasteiger partial charge in [0, 0.05) is 5.56 Å². The summed E-state index contributed by atoms with van der Waals surface area (Å²) in [6.45, 7) is -1.02. The van der Waals surface area contributed by atoms with Crippen molar-refractivity contribution in [1.29, 1.82) is 0 Å². The molecule has 0 unspecified atom stereocenters. The number of benzene rings is 2. The van der Waals surface area contributed by atoms with Crippen LogP contribution in [0.25, 0.3) is 0 Å². The molecule has 0 spiro atoms. The van der Waals surface area contributed by atoms with Crippen molar-refractivity contribution in [3.05, 3.63) is 65.2 Å². The molecule has 0 bridgehead atoms. The van der Waals surface area contributed by atoms with Crippen LogP contribution in [0.4, 0.5) is 13.2 Å². The molecule has 0 aliphatic rings. The molecule has 0 atom stereocenters. The summed E-state index contributed by atoms with van der Waals surface area (Å²) in [6, 6.07) is 11.2. The first-order chi connectivity index (χ1) is 12.3. The van der Waals surface area contributed by atoms with Gasteiger partial charge in [0.25, 0.3) is 5.91 Å². The van der Waals surface area contributed by atoms with E-state index in [2.05, 4.69) is 5.32 Å². The van der Waals surface area contributed by atoms with Crippen LogP contribution in [0.1, 0.15) is 21.5 Å². The highest BCUT2D eigenvalue weighted by Crippen LogP contribution is 2.32. The van der Waals surface area contributed by atoms with Gasteiger partial charge in [-0.25, -0.2) is 0 Å². The maximum absolute atomic E-state index is 12.9. The summed E-state index contributed by atoms with van der Waals surface area (Å²) >= 11 is 0. The Hall–Kier alpha value is -3.03. The third-order valence-corrected chi connectivity index (χ3v) is 3.46. The van der Waals surface area contributed by atoms with E-state index in [0.717, 1.165) is 6.07 Å². The van der Waals surface area contributed by atoms with Crippen molar-refractivity contribution in [3.63, 3.8) is 0 Å². The van der Waals surface area contributed by atoms with Gasteiger partial charge in [-0.05, 0) is 18.2 Å². The van der Waals surface area contributed by atoms with E-state index in [1.807, 2.05) is 0 Å². The number of nitrogens with one attached hydrogen (secondary N) is 1. The minimum Gasteiger partial charge on any atom is -0.496 e. The van der Waals surface area contributed by atoms with Crippen molar-refractivity contribution in [1.82, 2.24) is 5.32 Å². The number of hydrogen-bond donors (Lipinski definition) is 1. The molecule has 0 saturated heterocycles. The lowest BCUT2D eigenvalue weighted by Gasteiger charge is -2.13. The summed E-state index contributed by atoms with van der Waals surface area (Å²) in [5.41, 5.74) is -0.805. The minimum absolute atomic E-state index is 0.163. The van der Waals surface area contributed by atoms with Crippen LogP contribution in [0, 0.1) is 0 Å². The number of methoxy groups -OCH3 is 1. The Kier molecular flexibility index (Phi) is 6.21. The first kappa shape index (κ1) is 19.3. The van der Waals surface area contributed by atoms with E-state index in [1.54, 1.807) is 18.2 Å². The fourth-order valence-electron chi connectivity index (χ4n) is 2.21. The van der Waals surface area contributed by atoms with E-state index in [0.29, 0.717) is 5.75 Å². The summed E-state index contributed by atoms with van der Waals surface area (Å²) in [4.78, 5) is 23.8. The summed E-state index contributed by atoms with van der Waals surface area (Å²) in [6.07, 6.45) is -4.54. The van der Waals surface area contributed by atoms with Crippen molar-refractivity contribution in [2.45, 2.75) is 12.8 Å². The van der Waals surface area contributed by atoms with Crippen LogP contribution in [-0.2, 0) is 22.3 Å². The van der Waals surface area contributed by atoms with E-state index in [-0.39, 0.29) is 11.1 Å². The quantitative estimate of drug-likeness (QED) is 0.797. The molecule has 0 aromatic heterocycles. The van der Waals surface area contributed by atoms with Crippen molar-refractivity contribution in [2.24, 2.45) is 0 Å². The zero-order valence-corrected chi connectivity index (χ0v) is 13.8. The molecule has 0 aliphatic heterocycles. The second-order valence-electron chi connectivity index (χ2n) is 5.20. The third kappa shape index (κ3) is 4.98. The molecular formula is C18H16F3NO4. The molecule has 0 saturated carbocycles. The highest BCUT2D eigenvalue weighted by Gasteiger charge is 2.33. The highest BCUT2D eigenvalue weighted by molar-refractivity contribution is 5.98. The minimum atomic E-state index is -4.54. The Morgan fingerprint density at radius 2 is 1.69 bits per heavy atom. The molecular weight excluding hydrogens is 351 g/mol. The molecule has 138 valence electrons. The van der Waals surface area contributed by atoms with E-state index in [1.165, 1.54) is 31.4 Å². The summed E-state index contributed by atoms with van der Waals surface area (Å²) in [5, 5.41) is 2.34. The molecule has 0 heterocycles. The number of esters is 1. The van der Waals surface area contributed by atoms with E-state index in [4.69, 9.17) is 9.47 Å². The van der Waals surface area contributed by atoms with Gasteiger partial charge in [0.15, 0.2) is 0 Å². The molecule has 8 heteroatoms. The third-order valence-electron chi connectivity index (χ3n) is 3.46. The molecule has 0 aliphatic carbocycles. The highest BCUT2D eigenvalue weighted by atomic mass is 19.4. The standard InChI is InChI=1S/C18H16F3NO4/c1-25-15-9-5-3-7-13(15)17(24)22-10-16(23)26-11-12-6-2-4-8-14(12)18(19,20)21/h2-9H,10-11H2,1H3,(H,22,24). The Morgan fingerprint density at radius 3 is 2.38 bits per heavy atom. The van der Waals surface area contributed by atoms with Crippen molar-refractivity contribution < 1.29 is 32.2 Å². The van der Waals surface area contributed by atoms with E-state index in [9.17, 15) is 22.8 Å². The number of rotatable bonds is 6. The van der Waals surface area contributed by atoms with Gasteiger partial charge in [-0.2, -0.15) is 13.2 Å². The smallest absolute Gasteiger partial charge is 0.416 e. The van der Waals surface area contributed by atoms with Gasteiger partial charge >= 0.3 is 12.1 Å². The number of amides is 1. The van der Waals surface area contributed by atoms with Crippen molar-refractivity contribution in [3.8, 4) is 5.75 Å². The maximum atomic E-state index is 12.9. The molecule has 1 amide bonds. The van der Waals surface area contributed by atoms with Gasteiger partial charge in [0.1, 0.15) is 18.9 Å². The van der Waals surface area contributed by atoms with E-state index >= 15 is 0 Å².